The third-order valence-electron chi connectivity index (χ3n) is 3.00. The summed E-state index contributed by atoms with van der Waals surface area (Å²) in [6.07, 6.45) is 6.67. The number of fused-ring (bicyclic) bond motifs is 2. The molecule has 1 aliphatic heterocycles. The molecule has 96 valence electrons. The van der Waals surface area contributed by atoms with Crippen molar-refractivity contribution in [2.45, 2.75) is 49.7 Å². The summed E-state index contributed by atoms with van der Waals surface area (Å²) in [5.74, 6) is 0.727. The van der Waals surface area contributed by atoms with Gasteiger partial charge in [-0.15, -0.1) is 0 Å². The first-order valence-corrected chi connectivity index (χ1v) is 7.19. The van der Waals surface area contributed by atoms with Crippen molar-refractivity contribution in [2.24, 2.45) is 5.92 Å². The number of amides is 1. The Hall–Kier alpha value is -0.640. The Morgan fingerprint density at radius 1 is 1.47 bits per heavy atom. The molecule has 2 bridgehead atoms. The summed E-state index contributed by atoms with van der Waals surface area (Å²) in [6.45, 7) is 6.35. The highest BCUT2D eigenvalue weighted by Crippen LogP contribution is 2.45. The van der Waals surface area contributed by atoms with E-state index in [-0.39, 0.29) is 6.09 Å². The molecule has 1 fully saturated rings. The van der Waals surface area contributed by atoms with Crippen molar-refractivity contribution in [3.8, 4) is 0 Å². The Bertz CT molecular complexity index is 322. The van der Waals surface area contributed by atoms with Crippen molar-refractivity contribution in [1.82, 2.24) is 5.32 Å². The van der Waals surface area contributed by atoms with Crippen LogP contribution in [0.5, 0.6) is 0 Å². The molecule has 1 saturated heterocycles. The molecule has 1 heterocycles. The molecule has 0 saturated carbocycles. The fraction of sp³-hybridized carbons (Fsp3) is 0.769. The Labute approximate surface area is 107 Å². The lowest BCUT2D eigenvalue weighted by Crippen LogP contribution is -2.34. The molecule has 0 unspecified atom stereocenters. The van der Waals surface area contributed by atoms with E-state index in [0.717, 1.165) is 17.6 Å². The number of hydrogen-bond acceptors (Lipinski definition) is 3. The first kappa shape index (κ1) is 12.8. The molecule has 0 radical (unpaired) electrons. The van der Waals surface area contributed by atoms with Gasteiger partial charge in [0.2, 0.25) is 0 Å². The molecule has 1 aliphatic carbocycles. The number of carbonyl (C=O) groups excluding carboxylic acids is 1. The molecule has 0 aromatic rings. The third-order valence-corrected chi connectivity index (χ3v) is 4.64. The second-order valence-electron chi connectivity index (χ2n) is 5.71. The average Bonchev–Trinajstić information content (AvgIpc) is 2.75. The van der Waals surface area contributed by atoms with Crippen molar-refractivity contribution in [3.05, 3.63) is 12.2 Å². The van der Waals surface area contributed by atoms with Crippen LogP contribution in [0, 0.1) is 5.92 Å². The van der Waals surface area contributed by atoms with Crippen LogP contribution in [0.25, 0.3) is 0 Å². The van der Waals surface area contributed by atoms with E-state index in [2.05, 4.69) is 17.5 Å². The van der Waals surface area contributed by atoms with Crippen LogP contribution in [0.2, 0.25) is 0 Å². The number of allylic oxidation sites excluding steroid dienone is 1. The minimum atomic E-state index is -0.409. The maximum Gasteiger partial charge on any atom is 0.407 e. The first-order chi connectivity index (χ1) is 7.94. The molecule has 1 amide bonds. The van der Waals surface area contributed by atoms with Crippen LogP contribution >= 0.6 is 11.8 Å². The smallest absolute Gasteiger partial charge is 0.407 e. The molecule has 3 atom stereocenters. The zero-order valence-corrected chi connectivity index (χ0v) is 11.5. The summed E-state index contributed by atoms with van der Waals surface area (Å²) in [5, 5.41) is 4.24. The standard InChI is InChI=1S/C13H21NO2S/c1-13(2,3)16-12(15)14-7-6-11-9-4-5-10(8-9)17-11/h4-5,9-11H,6-8H2,1-3H3,(H,14,15)/t9-,10-,11-/m0/s1. The maximum absolute atomic E-state index is 11.4. The largest absolute Gasteiger partial charge is 0.444 e. The number of rotatable bonds is 3. The Balaban J connectivity index is 1.63. The lowest BCUT2D eigenvalue weighted by atomic mass is 10.0. The Morgan fingerprint density at radius 2 is 2.24 bits per heavy atom. The molecule has 0 spiro atoms. The molecule has 4 heteroatoms. The Kier molecular flexibility index (Phi) is 3.71. The summed E-state index contributed by atoms with van der Waals surface area (Å²) in [7, 11) is 0. The summed E-state index contributed by atoms with van der Waals surface area (Å²) in [4.78, 5) is 11.4. The number of thioether (sulfide) groups is 1. The molecular formula is C13H21NO2S. The number of ether oxygens (including phenoxy) is 1. The van der Waals surface area contributed by atoms with Gasteiger partial charge in [0, 0.05) is 17.0 Å². The molecule has 17 heavy (non-hydrogen) atoms. The topological polar surface area (TPSA) is 38.3 Å². The predicted molar refractivity (Wildman–Crippen MR) is 71.3 cm³/mol. The van der Waals surface area contributed by atoms with Crippen LogP contribution in [0.1, 0.15) is 33.6 Å². The highest BCUT2D eigenvalue weighted by molar-refractivity contribution is 8.01. The van der Waals surface area contributed by atoms with Crippen molar-refractivity contribution >= 4 is 17.9 Å². The van der Waals surface area contributed by atoms with Gasteiger partial charge in [0.1, 0.15) is 5.60 Å². The quantitative estimate of drug-likeness (QED) is 0.788. The van der Waals surface area contributed by atoms with Crippen LogP contribution < -0.4 is 5.32 Å². The second-order valence-corrected chi connectivity index (χ2v) is 7.20. The molecule has 0 aromatic heterocycles. The molecule has 1 N–H and O–H groups in total. The number of nitrogens with one attached hydrogen (secondary N) is 1. The zero-order valence-electron chi connectivity index (χ0n) is 10.7. The van der Waals surface area contributed by atoms with Gasteiger partial charge >= 0.3 is 6.09 Å². The monoisotopic (exact) mass is 255 g/mol. The van der Waals surface area contributed by atoms with Gasteiger partial charge in [-0.3, -0.25) is 0 Å². The SMILES string of the molecule is CC(C)(C)OC(=O)NCC[C@@H]1S[C@H]2C=C[C@H]1C2. The van der Waals surface area contributed by atoms with Gasteiger partial charge in [-0.1, -0.05) is 12.2 Å². The van der Waals surface area contributed by atoms with Crippen LogP contribution in [-0.2, 0) is 4.74 Å². The number of carbonyl (C=O) groups is 1. The minimum Gasteiger partial charge on any atom is -0.444 e. The average molecular weight is 255 g/mol. The van der Waals surface area contributed by atoms with E-state index in [1.54, 1.807) is 0 Å². The zero-order chi connectivity index (χ0) is 12.5. The van der Waals surface area contributed by atoms with E-state index in [0.29, 0.717) is 11.8 Å². The lowest BCUT2D eigenvalue weighted by molar-refractivity contribution is 0.0527. The highest BCUT2D eigenvalue weighted by atomic mass is 32.2. The van der Waals surface area contributed by atoms with Gasteiger partial charge < -0.3 is 10.1 Å². The van der Waals surface area contributed by atoms with Crippen molar-refractivity contribution in [3.63, 3.8) is 0 Å². The summed E-state index contributed by atoms with van der Waals surface area (Å²) < 4.78 is 5.19. The van der Waals surface area contributed by atoms with Gasteiger partial charge in [-0.2, -0.15) is 11.8 Å². The second kappa shape index (κ2) is 4.92. The predicted octanol–water partition coefficient (Wildman–Crippen LogP) is 2.96. The summed E-state index contributed by atoms with van der Waals surface area (Å²) in [5.41, 5.74) is -0.409. The van der Waals surface area contributed by atoms with E-state index in [4.69, 9.17) is 4.74 Å². The van der Waals surface area contributed by atoms with E-state index >= 15 is 0 Å². The molecule has 2 aliphatic rings. The van der Waals surface area contributed by atoms with E-state index in [9.17, 15) is 4.79 Å². The van der Waals surface area contributed by atoms with Crippen molar-refractivity contribution in [1.29, 1.82) is 0 Å². The van der Waals surface area contributed by atoms with Crippen LogP contribution in [-0.4, -0.2) is 28.7 Å². The molecule has 0 aromatic carbocycles. The van der Waals surface area contributed by atoms with Crippen LogP contribution in [0.3, 0.4) is 0 Å². The van der Waals surface area contributed by atoms with Gasteiger partial charge in [-0.25, -0.2) is 4.79 Å². The number of alkyl carbamates (subject to hydrolysis) is 1. The van der Waals surface area contributed by atoms with Gasteiger partial charge in [-0.05, 0) is 39.5 Å². The minimum absolute atomic E-state index is 0.304. The number of hydrogen-bond donors (Lipinski definition) is 1. The molecule has 3 nitrogen and oxygen atoms in total. The van der Waals surface area contributed by atoms with Crippen molar-refractivity contribution < 1.29 is 9.53 Å². The fourth-order valence-corrected chi connectivity index (χ4v) is 3.93. The van der Waals surface area contributed by atoms with Crippen molar-refractivity contribution in [2.75, 3.05) is 6.54 Å². The van der Waals surface area contributed by atoms with Gasteiger partial charge in [0.15, 0.2) is 0 Å². The van der Waals surface area contributed by atoms with Gasteiger partial charge in [0.05, 0.1) is 0 Å². The first-order valence-electron chi connectivity index (χ1n) is 6.25. The van der Waals surface area contributed by atoms with E-state index < -0.39 is 5.60 Å². The highest BCUT2D eigenvalue weighted by Gasteiger charge is 2.35. The summed E-state index contributed by atoms with van der Waals surface area (Å²) in [6, 6.07) is 0. The van der Waals surface area contributed by atoms with Gasteiger partial charge in [0.25, 0.3) is 0 Å². The lowest BCUT2D eigenvalue weighted by Gasteiger charge is -2.21. The molecule has 2 rings (SSSR count). The van der Waals surface area contributed by atoms with E-state index in [1.165, 1.54) is 6.42 Å². The van der Waals surface area contributed by atoms with Crippen LogP contribution in [0.15, 0.2) is 12.2 Å². The normalized spacial score (nSPS) is 30.6. The maximum atomic E-state index is 11.4. The van der Waals surface area contributed by atoms with Crippen LogP contribution in [0.4, 0.5) is 4.79 Å². The molecular weight excluding hydrogens is 234 g/mol. The summed E-state index contributed by atoms with van der Waals surface area (Å²) >= 11 is 2.05. The third kappa shape index (κ3) is 3.66. The fourth-order valence-electron chi connectivity index (χ4n) is 2.31. The van der Waals surface area contributed by atoms with E-state index in [1.807, 2.05) is 32.5 Å². The Morgan fingerprint density at radius 3 is 2.76 bits per heavy atom.